The van der Waals surface area contributed by atoms with Gasteiger partial charge in [0.2, 0.25) is 0 Å². The van der Waals surface area contributed by atoms with E-state index in [0.717, 1.165) is 16.7 Å². The van der Waals surface area contributed by atoms with E-state index < -0.39 is 10.8 Å². The molecule has 0 spiro atoms. The minimum absolute atomic E-state index is 0.0651. The first-order chi connectivity index (χ1) is 13.0. The van der Waals surface area contributed by atoms with Crippen LogP contribution in [-0.2, 0) is 0 Å². The molecule has 0 saturated carbocycles. The third kappa shape index (κ3) is 4.43. The summed E-state index contributed by atoms with van der Waals surface area (Å²) in [6.45, 7) is 1.80. The predicted octanol–water partition coefficient (Wildman–Crippen LogP) is 4.42. The summed E-state index contributed by atoms with van der Waals surface area (Å²) in [5, 5.41) is 14.8. The number of rotatable bonds is 5. The first-order valence-corrected chi connectivity index (χ1v) is 8.29. The summed E-state index contributed by atoms with van der Waals surface area (Å²) in [5.41, 5.74) is 6.48. The zero-order chi connectivity index (χ0) is 19.2. The average molecular weight is 359 g/mol. The molecule has 3 aromatic rings. The van der Waals surface area contributed by atoms with Gasteiger partial charge in [-0.15, -0.1) is 0 Å². The van der Waals surface area contributed by atoms with Crippen LogP contribution in [0.4, 0.5) is 5.69 Å². The van der Waals surface area contributed by atoms with Crippen molar-refractivity contribution in [1.82, 2.24) is 5.43 Å². The molecule has 134 valence electrons. The molecule has 0 atom stereocenters. The van der Waals surface area contributed by atoms with Gasteiger partial charge in [-0.1, -0.05) is 54.6 Å². The Morgan fingerprint density at radius 1 is 0.852 bits per heavy atom. The van der Waals surface area contributed by atoms with Gasteiger partial charge in [-0.2, -0.15) is 5.10 Å². The summed E-state index contributed by atoms with van der Waals surface area (Å²) in [7, 11) is 0. The Morgan fingerprint density at radius 3 is 2.00 bits per heavy atom. The van der Waals surface area contributed by atoms with E-state index >= 15 is 0 Å². The standard InChI is InChI=1S/C21H17N3O3/c1-15(16-7-9-18(10-8-16)17-5-3-2-4-6-17)22-23-21(25)19-11-13-20(14-12-19)24(26)27/h2-14H,1H3,(H,23,25)/b22-15-. The summed E-state index contributed by atoms with van der Waals surface area (Å²) in [6.07, 6.45) is 0. The van der Waals surface area contributed by atoms with Crippen molar-refractivity contribution in [3.8, 4) is 11.1 Å². The minimum atomic E-state index is -0.511. The lowest BCUT2D eigenvalue weighted by Gasteiger charge is -2.05. The lowest BCUT2D eigenvalue weighted by molar-refractivity contribution is -0.384. The van der Waals surface area contributed by atoms with Crippen LogP contribution in [0, 0.1) is 10.1 Å². The molecule has 6 heteroatoms. The topological polar surface area (TPSA) is 84.6 Å². The van der Waals surface area contributed by atoms with Gasteiger partial charge in [0.05, 0.1) is 10.6 Å². The number of carbonyl (C=O) groups excluding carboxylic acids is 1. The van der Waals surface area contributed by atoms with Gasteiger partial charge in [0.25, 0.3) is 11.6 Å². The molecule has 0 aliphatic heterocycles. The number of hydrazone groups is 1. The highest BCUT2D eigenvalue weighted by molar-refractivity contribution is 6.01. The van der Waals surface area contributed by atoms with Crippen molar-refractivity contribution in [3.63, 3.8) is 0 Å². The number of hydrogen-bond donors (Lipinski definition) is 1. The van der Waals surface area contributed by atoms with Gasteiger partial charge in [0.15, 0.2) is 0 Å². The fourth-order valence-electron chi connectivity index (χ4n) is 2.53. The highest BCUT2D eigenvalue weighted by Gasteiger charge is 2.09. The summed E-state index contributed by atoms with van der Waals surface area (Å²) < 4.78 is 0. The number of non-ortho nitro benzene ring substituents is 1. The van der Waals surface area contributed by atoms with Crippen molar-refractivity contribution in [2.75, 3.05) is 0 Å². The Labute approximate surface area is 156 Å². The van der Waals surface area contributed by atoms with Crippen LogP contribution in [0.15, 0.2) is 84.0 Å². The van der Waals surface area contributed by atoms with Crippen molar-refractivity contribution >= 4 is 17.3 Å². The maximum absolute atomic E-state index is 12.1. The number of nitro benzene ring substituents is 1. The number of nitrogens with zero attached hydrogens (tertiary/aromatic N) is 2. The fraction of sp³-hybridized carbons (Fsp3) is 0.0476. The van der Waals surface area contributed by atoms with E-state index in [1.807, 2.05) is 54.6 Å². The highest BCUT2D eigenvalue weighted by Crippen LogP contribution is 2.19. The molecule has 0 radical (unpaired) electrons. The number of hydrogen-bond acceptors (Lipinski definition) is 4. The smallest absolute Gasteiger partial charge is 0.267 e. The van der Waals surface area contributed by atoms with E-state index in [1.54, 1.807) is 6.92 Å². The van der Waals surface area contributed by atoms with Crippen LogP contribution in [0.2, 0.25) is 0 Å². The molecule has 27 heavy (non-hydrogen) atoms. The Kier molecular flexibility index (Phi) is 5.37. The van der Waals surface area contributed by atoms with Gasteiger partial charge in [-0.25, -0.2) is 5.43 Å². The molecule has 0 bridgehead atoms. The molecule has 0 aliphatic rings. The molecule has 0 aromatic heterocycles. The number of carbonyl (C=O) groups is 1. The third-order valence-electron chi connectivity index (χ3n) is 4.08. The second-order valence-electron chi connectivity index (χ2n) is 5.89. The Morgan fingerprint density at radius 2 is 1.41 bits per heavy atom. The van der Waals surface area contributed by atoms with E-state index in [1.165, 1.54) is 24.3 Å². The van der Waals surface area contributed by atoms with Crippen LogP contribution in [0.25, 0.3) is 11.1 Å². The molecule has 0 unspecified atom stereocenters. The van der Waals surface area contributed by atoms with Gasteiger partial charge in [0.1, 0.15) is 0 Å². The first kappa shape index (κ1) is 18.0. The zero-order valence-electron chi connectivity index (χ0n) is 14.6. The van der Waals surface area contributed by atoms with E-state index in [2.05, 4.69) is 10.5 Å². The van der Waals surface area contributed by atoms with Crippen LogP contribution in [-0.4, -0.2) is 16.5 Å². The van der Waals surface area contributed by atoms with Gasteiger partial charge in [-0.05, 0) is 35.7 Å². The number of benzene rings is 3. The molecule has 6 nitrogen and oxygen atoms in total. The monoisotopic (exact) mass is 359 g/mol. The Hall–Kier alpha value is -3.80. The van der Waals surface area contributed by atoms with Crippen molar-refractivity contribution in [1.29, 1.82) is 0 Å². The van der Waals surface area contributed by atoms with Crippen molar-refractivity contribution < 1.29 is 9.72 Å². The quantitative estimate of drug-likeness (QED) is 0.416. The van der Waals surface area contributed by atoms with E-state index in [4.69, 9.17) is 0 Å². The summed E-state index contributed by atoms with van der Waals surface area (Å²) in [6, 6.07) is 23.3. The molecule has 3 aromatic carbocycles. The van der Waals surface area contributed by atoms with E-state index in [-0.39, 0.29) is 5.69 Å². The maximum Gasteiger partial charge on any atom is 0.271 e. The molecule has 0 aliphatic carbocycles. The second kappa shape index (κ2) is 8.05. The van der Waals surface area contributed by atoms with Gasteiger partial charge in [0, 0.05) is 17.7 Å². The minimum Gasteiger partial charge on any atom is -0.267 e. The van der Waals surface area contributed by atoms with Crippen LogP contribution in [0.5, 0.6) is 0 Å². The van der Waals surface area contributed by atoms with Crippen LogP contribution in [0.1, 0.15) is 22.8 Å². The molecule has 3 rings (SSSR count). The average Bonchev–Trinajstić information content (AvgIpc) is 2.72. The van der Waals surface area contributed by atoms with Crippen LogP contribution in [0.3, 0.4) is 0 Å². The van der Waals surface area contributed by atoms with Crippen molar-refractivity contribution in [3.05, 3.63) is 100 Å². The van der Waals surface area contributed by atoms with Crippen molar-refractivity contribution in [2.45, 2.75) is 6.92 Å². The maximum atomic E-state index is 12.1. The second-order valence-corrected chi connectivity index (χ2v) is 5.89. The van der Waals surface area contributed by atoms with Gasteiger partial charge >= 0.3 is 0 Å². The molecular weight excluding hydrogens is 342 g/mol. The molecule has 0 heterocycles. The fourth-order valence-corrected chi connectivity index (χ4v) is 2.53. The largest absolute Gasteiger partial charge is 0.271 e. The predicted molar refractivity (Wildman–Crippen MR) is 105 cm³/mol. The Balaban J connectivity index is 1.68. The normalized spacial score (nSPS) is 11.1. The van der Waals surface area contributed by atoms with Gasteiger partial charge < -0.3 is 0 Å². The third-order valence-corrected chi connectivity index (χ3v) is 4.08. The number of amides is 1. The van der Waals surface area contributed by atoms with Crippen LogP contribution < -0.4 is 5.43 Å². The lowest BCUT2D eigenvalue weighted by atomic mass is 10.0. The molecule has 0 saturated heterocycles. The van der Waals surface area contributed by atoms with E-state index in [9.17, 15) is 14.9 Å². The highest BCUT2D eigenvalue weighted by atomic mass is 16.6. The number of nitro groups is 1. The van der Waals surface area contributed by atoms with Crippen molar-refractivity contribution in [2.24, 2.45) is 5.10 Å². The van der Waals surface area contributed by atoms with Crippen LogP contribution >= 0.6 is 0 Å². The molecule has 1 amide bonds. The molecule has 1 N–H and O–H groups in total. The van der Waals surface area contributed by atoms with E-state index in [0.29, 0.717) is 11.3 Å². The lowest BCUT2D eigenvalue weighted by Crippen LogP contribution is -2.19. The molecular formula is C21H17N3O3. The zero-order valence-corrected chi connectivity index (χ0v) is 14.6. The Bertz CT molecular complexity index is 979. The summed E-state index contributed by atoms with van der Waals surface area (Å²) in [4.78, 5) is 22.3. The SMILES string of the molecule is C/C(=N/NC(=O)c1ccc([N+](=O)[O-])cc1)c1ccc(-c2ccccc2)cc1. The molecule has 0 fully saturated rings. The summed E-state index contributed by atoms with van der Waals surface area (Å²) in [5.74, 6) is -0.426. The van der Waals surface area contributed by atoms with Gasteiger partial charge in [-0.3, -0.25) is 14.9 Å². The summed E-state index contributed by atoms with van der Waals surface area (Å²) >= 11 is 0. The first-order valence-electron chi connectivity index (χ1n) is 8.29. The number of nitrogens with one attached hydrogen (secondary N) is 1.